The van der Waals surface area contributed by atoms with E-state index in [2.05, 4.69) is 9.97 Å². The molecule has 2 heterocycles. The molecule has 6 heteroatoms. The number of carboxylic acids is 1. The first-order valence-electron chi connectivity index (χ1n) is 7.60. The summed E-state index contributed by atoms with van der Waals surface area (Å²) in [6, 6.07) is 8.89. The van der Waals surface area contributed by atoms with Gasteiger partial charge in [0.25, 0.3) is 0 Å². The normalized spacial score (nSPS) is 18.3. The van der Waals surface area contributed by atoms with Gasteiger partial charge in [0.2, 0.25) is 0 Å². The minimum atomic E-state index is -0.758. The van der Waals surface area contributed by atoms with Crippen LogP contribution in [0.5, 0.6) is 0 Å². The summed E-state index contributed by atoms with van der Waals surface area (Å²) in [5, 5.41) is 9.96. The van der Waals surface area contributed by atoms with Gasteiger partial charge in [-0.2, -0.15) is 0 Å². The maximum Gasteiger partial charge on any atom is 0.320 e. The quantitative estimate of drug-likeness (QED) is 0.932. The zero-order valence-electron chi connectivity index (χ0n) is 12.9. The molecule has 2 aromatic rings. The van der Waals surface area contributed by atoms with E-state index in [1.807, 2.05) is 42.2 Å². The highest BCUT2D eigenvalue weighted by atomic mass is 35.5. The number of nitrogens with zero attached hydrogens (tertiary/aromatic N) is 3. The number of benzene rings is 1. The van der Waals surface area contributed by atoms with Gasteiger partial charge in [-0.05, 0) is 56.6 Å². The molecule has 1 unspecified atom stereocenters. The van der Waals surface area contributed by atoms with Crippen LogP contribution >= 0.6 is 11.6 Å². The summed E-state index contributed by atoms with van der Waals surface area (Å²) in [5.41, 5.74) is 2.61. The lowest BCUT2D eigenvalue weighted by Gasteiger charge is -2.20. The zero-order valence-corrected chi connectivity index (χ0v) is 13.6. The van der Waals surface area contributed by atoms with Gasteiger partial charge in [0.15, 0.2) is 5.82 Å². The van der Waals surface area contributed by atoms with E-state index < -0.39 is 12.0 Å². The lowest BCUT2D eigenvalue weighted by atomic mass is 10.2. The minimum absolute atomic E-state index is 0.413. The smallest absolute Gasteiger partial charge is 0.320 e. The van der Waals surface area contributed by atoms with Crippen LogP contribution in [0.2, 0.25) is 5.02 Å². The number of aryl methyl sites for hydroxylation is 1. The Bertz CT molecular complexity index is 718. The van der Waals surface area contributed by atoms with Gasteiger partial charge in [-0.25, -0.2) is 9.97 Å². The number of carbonyl (C=O) groups is 1. The second-order valence-corrected chi connectivity index (χ2v) is 6.23. The van der Waals surface area contributed by atoms with Crippen LogP contribution in [0.3, 0.4) is 0 Å². The Balaban J connectivity index is 1.86. The SMILES string of the molecule is Cc1cc(CN2CCCC2C(=O)O)nc(-c2ccc(Cl)cc2)n1. The third kappa shape index (κ3) is 3.68. The molecule has 0 amide bonds. The molecule has 1 fully saturated rings. The summed E-state index contributed by atoms with van der Waals surface area (Å²) in [6.07, 6.45) is 1.61. The zero-order chi connectivity index (χ0) is 16.4. The molecule has 5 nitrogen and oxygen atoms in total. The third-order valence-electron chi connectivity index (χ3n) is 4.02. The number of rotatable bonds is 4. The van der Waals surface area contributed by atoms with Crippen molar-refractivity contribution in [3.05, 3.63) is 46.7 Å². The molecule has 0 aliphatic carbocycles. The van der Waals surface area contributed by atoms with Crippen molar-refractivity contribution < 1.29 is 9.90 Å². The average Bonchev–Trinajstić information content (AvgIpc) is 2.95. The van der Waals surface area contributed by atoms with Crippen molar-refractivity contribution in [1.82, 2.24) is 14.9 Å². The molecule has 1 aliphatic rings. The van der Waals surface area contributed by atoms with Gasteiger partial charge in [-0.15, -0.1) is 0 Å². The molecule has 1 aliphatic heterocycles. The van der Waals surface area contributed by atoms with Crippen molar-refractivity contribution >= 4 is 17.6 Å². The molecular weight excluding hydrogens is 314 g/mol. The van der Waals surface area contributed by atoms with E-state index in [-0.39, 0.29) is 0 Å². The monoisotopic (exact) mass is 331 g/mol. The first-order chi connectivity index (χ1) is 11.0. The molecule has 1 saturated heterocycles. The largest absolute Gasteiger partial charge is 0.480 e. The van der Waals surface area contributed by atoms with Crippen molar-refractivity contribution in [2.24, 2.45) is 0 Å². The van der Waals surface area contributed by atoms with Gasteiger partial charge >= 0.3 is 5.97 Å². The van der Waals surface area contributed by atoms with Gasteiger partial charge in [0.1, 0.15) is 6.04 Å². The molecule has 0 saturated carbocycles. The molecule has 120 valence electrons. The third-order valence-corrected chi connectivity index (χ3v) is 4.28. The van der Waals surface area contributed by atoms with Gasteiger partial charge < -0.3 is 5.11 Å². The fourth-order valence-electron chi connectivity index (χ4n) is 2.95. The standard InChI is InChI=1S/C17H18ClN3O2/c1-11-9-14(10-21-8-2-3-15(21)17(22)23)20-16(19-11)12-4-6-13(18)7-5-12/h4-7,9,15H,2-3,8,10H2,1H3,(H,22,23). The van der Waals surface area contributed by atoms with Crippen molar-refractivity contribution in [1.29, 1.82) is 0 Å². The van der Waals surface area contributed by atoms with Gasteiger partial charge in [-0.3, -0.25) is 9.69 Å². The van der Waals surface area contributed by atoms with Crippen LogP contribution in [0.4, 0.5) is 0 Å². The second-order valence-electron chi connectivity index (χ2n) is 5.80. The molecule has 1 atom stereocenters. The van der Waals surface area contributed by atoms with Gasteiger partial charge in [0.05, 0.1) is 5.69 Å². The Kier molecular flexibility index (Phi) is 4.59. The van der Waals surface area contributed by atoms with Gasteiger partial charge in [-0.1, -0.05) is 11.6 Å². The number of hydrogen-bond acceptors (Lipinski definition) is 4. The highest BCUT2D eigenvalue weighted by molar-refractivity contribution is 6.30. The van der Waals surface area contributed by atoms with E-state index in [4.69, 9.17) is 11.6 Å². The lowest BCUT2D eigenvalue weighted by molar-refractivity contribution is -0.142. The van der Waals surface area contributed by atoms with Crippen LogP contribution < -0.4 is 0 Å². The number of carboxylic acid groups (broad SMARTS) is 1. The molecule has 1 aromatic carbocycles. The highest BCUT2D eigenvalue weighted by Gasteiger charge is 2.30. The first-order valence-corrected chi connectivity index (χ1v) is 7.98. The fourth-order valence-corrected chi connectivity index (χ4v) is 3.07. The minimum Gasteiger partial charge on any atom is -0.480 e. The molecule has 1 aromatic heterocycles. The average molecular weight is 332 g/mol. The van der Waals surface area contributed by atoms with Crippen LogP contribution in [-0.4, -0.2) is 38.5 Å². The fraction of sp³-hybridized carbons (Fsp3) is 0.353. The van der Waals surface area contributed by atoms with Gasteiger partial charge in [0, 0.05) is 22.8 Å². The predicted octanol–water partition coefficient (Wildman–Crippen LogP) is 3.15. The van der Waals surface area contributed by atoms with E-state index in [1.165, 1.54) is 0 Å². The number of aromatic nitrogens is 2. The van der Waals surface area contributed by atoms with E-state index >= 15 is 0 Å². The molecule has 0 spiro atoms. The summed E-state index contributed by atoms with van der Waals surface area (Å²) in [4.78, 5) is 22.3. The maximum absolute atomic E-state index is 11.3. The summed E-state index contributed by atoms with van der Waals surface area (Å²) >= 11 is 5.92. The Morgan fingerprint density at radius 1 is 1.35 bits per heavy atom. The molecular formula is C17H18ClN3O2. The molecule has 3 rings (SSSR count). The summed E-state index contributed by atoms with van der Waals surface area (Å²) < 4.78 is 0. The Morgan fingerprint density at radius 2 is 2.09 bits per heavy atom. The summed E-state index contributed by atoms with van der Waals surface area (Å²) in [7, 11) is 0. The summed E-state index contributed by atoms with van der Waals surface area (Å²) in [6.45, 7) is 3.24. The van der Waals surface area contributed by atoms with E-state index in [0.717, 1.165) is 29.9 Å². The molecule has 1 N–H and O–H groups in total. The summed E-state index contributed by atoms with van der Waals surface area (Å²) in [5.74, 6) is -0.117. The molecule has 23 heavy (non-hydrogen) atoms. The molecule has 0 radical (unpaired) electrons. The second kappa shape index (κ2) is 6.64. The van der Waals surface area contributed by atoms with Crippen molar-refractivity contribution in [2.45, 2.75) is 32.4 Å². The lowest BCUT2D eigenvalue weighted by Crippen LogP contribution is -2.35. The van der Waals surface area contributed by atoms with Crippen LogP contribution in [0.25, 0.3) is 11.4 Å². The van der Waals surface area contributed by atoms with Crippen LogP contribution in [0, 0.1) is 6.92 Å². The van der Waals surface area contributed by atoms with Crippen LogP contribution in [-0.2, 0) is 11.3 Å². The molecule has 0 bridgehead atoms. The number of hydrogen-bond donors (Lipinski definition) is 1. The highest BCUT2D eigenvalue weighted by Crippen LogP contribution is 2.22. The van der Waals surface area contributed by atoms with E-state index in [9.17, 15) is 9.90 Å². The van der Waals surface area contributed by atoms with Crippen molar-refractivity contribution in [3.63, 3.8) is 0 Å². The van der Waals surface area contributed by atoms with E-state index in [0.29, 0.717) is 23.8 Å². The van der Waals surface area contributed by atoms with Crippen LogP contribution in [0.1, 0.15) is 24.2 Å². The predicted molar refractivity (Wildman–Crippen MR) is 88.3 cm³/mol. The van der Waals surface area contributed by atoms with E-state index in [1.54, 1.807) is 0 Å². The Morgan fingerprint density at radius 3 is 2.78 bits per heavy atom. The maximum atomic E-state index is 11.3. The number of halogens is 1. The Labute approximate surface area is 139 Å². The first kappa shape index (κ1) is 15.9. The Hall–Kier alpha value is -1.98. The number of aliphatic carboxylic acids is 1. The topological polar surface area (TPSA) is 66.3 Å². The number of likely N-dealkylation sites (tertiary alicyclic amines) is 1. The van der Waals surface area contributed by atoms with Crippen molar-refractivity contribution in [2.75, 3.05) is 6.54 Å². The van der Waals surface area contributed by atoms with Crippen LogP contribution in [0.15, 0.2) is 30.3 Å². The van der Waals surface area contributed by atoms with Crippen molar-refractivity contribution in [3.8, 4) is 11.4 Å².